The number of furan rings is 1. The van der Waals surface area contributed by atoms with Crippen LogP contribution in [0.4, 0.5) is 17.1 Å². The van der Waals surface area contributed by atoms with Crippen molar-refractivity contribution in [3.05, 3.63) is 211 Å². The first-order valence-electron chi connectivity index (χ1n) is 19.0. The first-order chi connectivity index (χ1) is 27.0. The van der Waals surface area contributed by atoms with Gasteiger partial charge in [-0.1, -0.05) is 166 Å². The Balaban J connectivity index is 0.944. The van der Waals surface area contributed by atoms with Crippen molar-refractivity contribution in [3.63, 3.8) is 0 Å². The molecule has 0 amide bonds. The van der Waals surface area contributed by atoms with Gasteiger partial charge in [-0.2, -0.15) is 0 Å². The molecule has 0 bridgehead atoms. The second kappa shape index (κ2) is 13.2. The Bertz CT molecular complexity index is 2690. The van der Waals surface area contributed by atoms with Gasteiger partial charge in [-0.25, -0.2) is 0 Å². The quantitative estimate of drug-likeness (QED) is 0.164. The lowest BCUT2D eigenvalue weighted by atomic mass is 9.80. The van der Waals surface area contributed by atoms with Crippen LogP contribution in [0.1, 0.15) is 25.0 Å². The van der Waals surface area contributed by atoms with Crippen LogP contribution in [0.25, 0.3) is 66.8 Å². The lowest BCUT2D eigenvalue weighted by Gasteiger charge is -2.26. The van der Waals surface area contributed by atoms with Crippen molar-refractivity contribution >= 4 is 28.0 Å². The molecule has 0 unspecified atom stereocenters. The van der Waals surface area contributed by atoms with Crippen LogP contribution in [0, 0.1) is 0 Å². The van der Waals surface area contributed by atoms with Crippen LogP contribution in [0.3, 0.4) is 0 Å². The fourth-order valence-corrected chi connectivity index (χ4v) is 8.40. The summed E-state index contributed by atoms with van der Waals surface area (Å²) in [6.07, 6.45) is 0. The van der Waals surface area contributed by atoms with Gasteiger partial charge in [-0.3, -0.25) is 0 Å². The number of anilines is 3. The molecule has 10 rings (SSSR count). The third-order valence-corrected chi connectivity index (χ3v) is 11.3. The van der Waals surface area contributed by atoms with E-state index in [0.29, 0.717) is 0 Å². The monoisotopic (exact) mass is 705 g/mol. The maximum absolute atomic E-state index is 6.40. The summed E-state index contributed by atoms with van der Waals surface area (Å²) in [6.45, 7) is 4.63. The van der Waals surface area contributed by atoms with Gasteiger partial charge < -0.3 is 9.32 Å². The number of hydrogen-bond donors (Lipinski definition) is 0. The highest BCUT2D eigenvalue weighted by atomic mass is 16.3. The molecule has 1 aliphatic rings. The molecule has 0 spiro atoms. The van der Waals surface area contributed by atoms with E-state index in [1.807, 2.05) is 6.07 Å². The normalized spacial score (nSPS) is 12.7. The fraction of sp³-hybridized carbons (Fsp3) is 0.0566. The Morgan fingerprint density at radius 1 is 0.382 bits per heavy atom. The van der Waals surface area contributed by atoms with Gasteiger partial charge in [0.2, 0.25) is 0 Å². The molecule has 8 aromatic carbocycles. The smallest absolute Gasteiger partial charge is 0.139 e. The highest BCUT2D eigenvalue weighted by molar-refractivity contribution is 5.95. The molecular weight excluding hydrogens is 667 g/mol. The van der Waals surface area contributed by atoms with Gasteiger partial charge in [0, 0.05) is 39.0 Å². The summed E-state index contributed by atoms with van der Waals surface area (Å²) >= 11 is 0. The minimum absolute atomic E-state index is 0.142. The van der Waals surface area contributed by atoms with Crippen LogP contribution >= 0.6 is 0 Å². The predicted molar refractivity (Wildman–Crippen MR) is 230 cm³/mol. The van der Waals surface area contributed by atoms with Crippen LogP contribution in [0.2, 0.25) is 0 Å². The van der Waals surface area contributed by atoms with Crippen LogP contribution in [0.5, 0.6) is 0 Å². The van der Waals surface area contributed by atoms with E-state index in [2.05, 4.69) is 213 Å². The van der Waals surface area contributed by atoms with Crippen LogP contribution < -0.4 is 4.90 Å². The van der Waals surface area contributed by atoms with Gasteiger partial charge >= 0.3 is 0 Å². The number of hydrogen-bond acceptors (Lipinski definition) is 2. The van der Waals surface area contributed by atoms with E-state index in [1.165, 1.54) is 66.6 Å². The number of nitrogens with zero attached hydrogens (tertiary/aromatic N) is 1. The highest BCUT2D eigenvalue weighted by Gasteiger charge is 2.40. The van der Waals surface area contributed by atoms with Gasteiger partial charge in [0.1, 0.15) is 11.3 Å². The van der Waals surface area contributed by atoms with Crippen molar-refractivity contribution in [2.45, 2.75) is 19.3 Å². The first-order valence-corrected chi connectivity index (χ1v) is 19.0. The zero-order chi connectivity index (χ0) is 36.9. The predicted octanol–water partition coefficient (Wildman–Crippen LogP) is 14.9. The molecule has 1 aromatic heterocycles. The maximum Gasteiger partial charge on any atom is 0.139 e. The zero-order valence-electron chi connectivity index (χ0n) is 30.9. The molecular formula is C53H39NO. The molecule has 55 heavy (non-hydrogen) atoms. The Kier molecular flexibility index (Phi) is 7.85. The molecule has 0 fully saturated rings. The molecule has 1 heterocycles. The van der Waals surface area contributed by atoms with Crippen molar-refractivity contribution in [1.82, 2.24) is 0 Å². The van der Waals surface area contributed by atoms with E-state index < -0.39 is 0 Å². The molecule has 0 N–H and O–H groups in total. The number of para-hydroxylation sites is 1. The standard InChI is InChI=1S/C53H39NO/c1-53(2)49-35-43(27-34-47(49)52-51(53)48-15-9-10-16-50(48)55-52)42-19-17-38(18-20-42)41-25-32-46(33-26-41)54(44-28-21-39(22-29-44)36-11-5-3-6-12-36)45-30-23-40(24-31-45)37-13-7-4-8-14-37/h3-35H,1-2H3. The second-order valence-corrected chi connectivity index (χ2v) is 15.0. The summed E-state index contributed by atoms with van der Waals surface area (Å²) in [7, 11) is 0. The summed E-state index contributed by atoms with van der Waals surface area (Å²) in [4.78, 5) is 2.33. The van der Waals surface area contributed by atoms with E-state index in [-0.39, 0.29) is 5.41 Å². The third kappa shape index (κ3) is 5.75. The van der Waals surface area contributed by atoms with E-state index in [1.54, 1.807) is 0 Å². The summed E-state index contributed by atoms with van der Waals surface area (Å²) in [5.41, 5.74) is 17.6. The average molecular weight is 706 g/mol. The topological polar surface area (TPSA) is 16.4 Å². The van der Waals surface area contributed by atoms with Crippen molar-refractivity contribution in [2.24, 2.45) is 0 Å². The number of rotatable bonds is 7. The lowest BCUT2D eigenvalue weighted by molar-refractivity contribution is 0.619. The molecule has 0 saturated carbocycles. The second-order valence-electron chi connectivity index (χ2n) is 15.0. The molecule has 9 aromatic rings. The Hall–Kier alpha value is -6.90. The third-order valence-electron chi connectivity index (χ3n) is 11.3. The molecule has 2 heteroatoms. The Morgan fingerprint density at radius 3 is 1.25 bits per heavy atom. The number of fused-ring (bicyclic) bond motifs is 5. The van der Waals surface area contributed by atoms with Gasteiger partial charge in [0.05, 0.1) is 0 Å². The van der Waals surface area contributed by atoms with Gasteiger partial charge in [-0.15, -0.1) is 0 Å². The molecule has 2 nitrogen and oxygen atoms in total. The van der Waals surface area contributed by atoms with Crippen molar-refractivity contribution < 1.29 is 4.42 Å². The van der Waals surface area contributed by atoms with Crippen LogP contribution in [-0.4, -0.2) is 0 Å². The molecule has 1 aliphatic carbocycles. The molecule has 262 valence electrons. The Labute approximate surface area is 322 Å². The maximum atomic E-state index is 6.40. The van der Waals surface area contributed by atoms with Gasteiger partial charge in [0.15, 0.2) is 0 Å². The number of benzene rings is 8. The fourth-order valence-electron chi connectivity index (χ4n) is 8.40. The minimum atomic E-state index is -0.142. The zero-order valence-corrected chi connectivity index (χ0v) is 30.9. The molecule has 0 saturated heterocycles. The van der Waals surface area contributed by atoms with Crippen molar-refractivity contribution in [3.8, 4) is 55.8 Å². The molecule has 0 radical (unpaired) electrons. The SMILES string of the molecule is CC1(C)c2cc(-c3ccc(-c4ccc(N(c5ccc(-c6ccccc6)cc5)c5ccc(-c6ccccc6)cc5)cc4)cc3)ccc2-c2oc3ccccc3c21. The van der Waals surface area contributed by atoms with Crippen LogP contribution in [-0.2, 0) is 5.41 Å². The van der Waals surface area contributed by atoms with Crippen LogP contribution in [0.15, 0.2) is 205 Å². The Morgan fingerprint density at radius 2 is 0.764 bits per heavy atom. The van der Waals surface area contributed by atoms with E-state index in [9.17, 15) is 0 Å². The average Bonchev–Trinajstić information content (AvgIpc) is 3.75. The summed E-state index contributed by atoms with van der Waals surface area (Å²) in [5, 5.41) is 1.21. The summed E-state index contributed by atoms with van der Waals surface area (Å²) in [5.74, 6) is 1.01. The minimum Gasteiger partial charge on any atom is -0.456 e. The first kappa shape index (κ1) is 32.7. The van der Waals surface area contributed by atoms with E-state index in [0.717, 1.165) is 28.4 Å². The van der Waals surface area contributed by atoms with Crippen molar-refractivity contribution in [2.75, 3.05) is 4.90 Å². The summed E-state index contributed by atoms with van der Waals surface area (Å²) < 4.78 is 6.40. The molecule has 0 aliphatic heterocycles. The van der Waals surface area contributed by atoms with E-state index >= 15 is 0 Å². The van der Waals surface area contributed by atoms with Gasteiger partial charge in [-0.05, 0) is 98.6 Å². The summed E-state index contributed by atoms with van der Waals surface area (Å²) in [6, 6.07) is 71.9. The highest BCUT2D eigenvalue weighted by Crippen LogP contribution is 2.53. The lowest BCUT2D eigenvalue weighted by Crippen LogP contribution is -2.15. The largest absolute Gasteiger partial charge is 0.456 e. The van der Waals surface area contributed by atoms with E-state index in [4.69, 9.17) is 4.42 Å². The van der Waals surface area contributed by atoms with Crippen molar-refractivity contribution in [1.29, 1.82) is 0 Å². The molecule has 0 atom stereocenters. The van der Waals surface area contributed by atoms with Gasteiger partial charge in [0.25, 0.3) is 0 Å².